The molecule has 0 aromatic carbocycles. The first kappa shape index (κ1) is 11.3. The molecule has 0 amide bonds. The lowest BCUT2D eigenvalue weighted by molar-refractivity contribution is -0.0629. The molecule has 1 rings (SSSR count). The van der Waals surface area contributed by atoms with Gasteiger partial charge < -0.3 is 4.74 Å². The van der Waals surface area contributed by atoms with Crippen LogP contribution in [0.2, 0.25) is 0 Å². The fourth-order valence-corrected chi connectivity index (χ4v) is 1.81. The SMILES string of the molecule is CC1CN(C/C=C/Cl)CC(CCl)O1. The lowest BCUT2D eigenvalue weighted by Crippen LogP contribution is -2.47. The third kappa shape index (κ3) is 3.86. The molecule has 0 bridgehead atoms. The van der Waals surface area contributed by atoms with Gasteiger partial charge in [-0.1, -0.05) is 17.7 Å². The molecule has 1 aliphatic heterocycles. The predicted molar refractivity (Wildman–Crippen MR) is 56.5 cm³/mol. The van der Waals surface area contributed by atoms with Gasteiger partial charge in [0.15, 0.2) is 0 Å². The number of rotatable bonds is 3. The zero-order valence-corrected chi connectivity index (χ0v) is 9.26. The zero-order chi connectivity index (χ0) is 9.68. The van der Waals surface area contributed by atoms with Gasteiger partial charge in [-0.05, 0) is 6.92 Å². The summed E-state index contributed by atoms with van der Waals surface area (Å²) in [5.41, 5.74) is 1.55. The van der Waals surface area contributed by atoms with Crippen LogP contribution in [0.4, 0.5) is 0 Å². The van der Waals surface area contributed by atoms with Crippen molar-refractivity contribution in [1.29, 1.82) is 0 Å². The standard InChI is InChI=1S/C9H15Cl2NO/c1-8-6-12(4-2-3-10)7-9(5-11)13-8/h2-3,8-9H,4-7H2,1H3/b3-2+. The van der Waals surface area contributed by atoms with Crippen LogP contribution in [0.3, 0.4) is 0 Å². The van der Waals surface area contributed by atoms with E-state index in [-0.39, 0.29) is 12.2 Å². The summed E-state index contributed by atoms with van der Waals surface area (Å²) in [6.07, 6.45) is 2.36. The van der Waals surface area contributed by atoms with Gasteiger partial charge in [-0.25, -0.2) is 0 Å². The van der Waals surface area contributed by atoms with Crippen molar-refractivity contribution in [1.82, 2.24) is 4.90 Å². The fourth-order valence-electron chi connectivity index (χ4n) is 1.56. The van der Waals surface area contributed by atoms with Gasteiger partial charge in [0, 0.05) is 31.0 Å². The van der Waals surface area contributed by atoms with Gasteiger partial charge in [-0.3, -0.25) is 4.90 Å². The molecule has 1 aliphatic rings. The van der Waals surface area contributed by atoms with Crippen LogP contribution in [-0.2, 0) is 4.74 Å². The van der Waals surface area contributed by atoms with Gasteiger partial charge in [0.05, 0.1) is 12.2 Å². The Balaban J connectivity index is 2.37. The van der Waals surface area contributed by atoms with E-state index in [0.717, 1.165) is 19.6 Å². The van der Waals surface area contributed by atoms with Gasteiger partial charge in [-0.15, -0.1) is 11.6 Å². The quantitative estimate of drug-likeness (QED) is 0.680. The Hall–Kier alpha value is 0.240. The van der Waals surface area contributed by atoms with Gasteiger partial charge in [0.25, 0.3) is 0 Å². The Kier molecular flexibility index (Phi) is 5.10. The summed E-state index contributed by atoms with van der Waals surface area (Å²) >= 11 is 11.2. The van der Waals surface area contributed by atoms with Crippen molar-refractivity contribution in [3.05, 3.63) is 11.6 Å². The highest BCUT2D eigenvalue weighted by atomic mass is 35.5. The Labute approximate surface area is 89.4 Å². The normalized spacial score (nSPS) is 31.3. The van der Waals surface area contributed by atoms with E-state index < -0.39 is 0 Å². The van der Waals surface area contributed by atoms with Crippen molar-refractivity contribution in [2.75, 3.05) is 25.5 Å². The van der Waals surface area contributed by atoms with Crippen LogP contribution in [0.1, 0.15) is 6.92 Å². The molecule has 0 aromatic heterocycles. The first-order valence-electron chi connectivity index (χ1n) is 4.45. The molecule has 2 unspecified atom stereocenters. The summed E-state index contributed by atoms with van der Waals surface area (Å²) in [4.78, 5) is 2.29. The third-order valence-electron chi connectivity index (χ3n) is 2.03. The number of alkyl halides is 1. The van der Waals surface area contributed by atoms with Crippen LogP contribution >= 0.6 is 23.2 Å². The summed E-state index contributed by atoms with van der Waals surface area (Å²) in [5, 5.41) is 0. The molecule has 0 radical (unpaired) electrons. The molecular formula is C9H15Cl2NO. The van der Waals surface area contributed by atoms with Crippen molar-refractivity contribution in [3.8, 4) is 0 Å². The second-order valence-corrected chi connectivity index (χ2v) is 3.86. The minimum Gasteiger partial charge on any atom is -0.371 e. The van der Waals surface area contributed by atoms with Crippen molar-refractivity contribution in [3.63, 3.8) is 0 Å². The van der Waals surface area contributed by atoms with Crippen LogP contribution in [0.5, 0.6) is 0 Å². The maximum absolute atomic E-state index is 5.75. The summed E-state index contributed by atoms with van der Waals surface area (Å²) in [6, 6.07) is 0. The highest BCUT2D eigenvalue weighted by Gasteiger charge is 2.23. The fraction of sp³-hybridized carbons (Fsp3) is 0.778. The third-order valence-corrected chi connectivity index (χ3v) is 2.55. The highest BCUT2D eigenvalue weighted by molar-refractivity contribution is 6.25. The highest BCUT2D eigenvalue weighted by Crippen LogP contribution is 2.11. The van der Waals surface area contributed by atoms with Crippen LogP contribution in [0.15, 0.2) is 11.6 Å². The number of hydrogen-bond acceptors (Lipinski definition) is 2. The Morgan fingerprint density at radius 3 is 2.92 bits per heavy atom. The van der Waals surface area contributed by atoms with Gasteiger partial charge in [0.1, 0.15) is 0 Å². The smallest absolute Gasteiger partial charge is 0.0841 e. The summed E-state index contributed by atoms with van der Waals surface area (Å²) in [7, 11) is 0. The van der Waals surface area contributed by atoms with E-state index in [1.54, 1.807) is 5.54 Å². The van der Waals surface area contributed by atoms with Crippen molar-refractivity contribution in [2.24, 2.45) is 0 Å². The Morgan fingerprint density at radius 1 is 1.54 bits per heavy atom. The van der Waals surface area contributed by atoms with Crippen molar-refractivity contribution in [2.45, 2.75) is 19.1 Å². The summed E-state index contributed by atoms with van der Waals surface area (Å²) in [6.45, 7) is 4.80. The molecule has 0 aliphatic carbocycles. The number of halogens is 2. The van der Waals surface area contributed by atoms with Crippen molar-refractivity contribution < 1.29 is 4.74 Å². The molecular weight excluding hydrogens is 209 g/mol. The van der Waals surface area contributed by atoms with Crippen LogP contribution in [0.25, 0.3) is 0 Å². The molecule has 1 heterocycles. The maximum atomic E-state index is 5.75. The average Bonchev–Trinajstić information content (AvgIpc) is 2.14. The first-order valence-corrected chi connectivity index (χ1v) is 5.42. The molecule has 2 nitrogen and oxygen atoms in total. The summed E-state index contributed by atoms with van der Waals surface area (Å²) in [5.74, 6) is 0.561. The van der Waals surface area contributed by atoms with Crippen molar-refractivity contribution >= 4 is 23.2 Å². The van der Waals surface area contributed by atoms with E-state index in [9.17, 15) is 0 Å². The second kappa shape index (κ2) is 5.86. The maximum Gasteiger partial charge on any atom is 0.0841 e. The molecule has 4 heteroatoms. The van der Waals surface area contributed by atoms with Gasteiger partial charge >= 0.3 is 0 Å². The number of nitrogens with zero attached hydrogens (tertiary/aromatic N) is 1. The van der Waals surface area contributed by atoms with E-state index in [1.165, 1.54) is 0 Å². The zero-order valence-electron chi connectivity index (χ0n) is 7.75. The number of ether oxygens (including phenoxy) is 1. The second-order valence-electron chi connectivity index (χ2n) is 3.30. The number of hydrogen-bond donors (Lipinski definition) is 0. The minimum atomic E-state index is 0.161. The monoisotopic (exact) mass is 223 g/mol. The summed E-state index contributed by atoms with van der Waals surface area (Å²) < 4.78 is 5.61. The molecule has 0 aromatic rings. The largest absolute Gasteiger partial charge is 0.371 e. The van der Waals surface area contributed by atoms with Crippen LogP contribution in [0, 0.1) is 0 Å². The van der Waals surface area contributed by atoms with Crippen LogP contribution in [-0.4, -0.2) is 42.6 Å². The number of morpholine rings is 1. The van der Waals surface area contributed by atoms with E-state index in [1.807, 2.05) is 6.08 Å². The molecule has 1 fully saturated rings. The average molecular weight is 224 g/mol. The Morgan fingerprint density at radius 2 is 2.31 bits per heavy atom. The Bertz CT molecular complexity index is 175. The minimum absolute atomic E-state index is 0.161. The molecule has 76 valence electrons. The molecule has 2 atom stereocenters. The van der Waals surface area contributed by atoms with Gasteiger partial charge in [0.2, 0.25) is 0 Å². The first-order chi connectivity index (χ1) is 6.26. The van der Waals surface area contributed by atoms with E-state index in [0.29, 0.717) is 5.88 Å². The molecule has 13 heavy (non-hydrogen) atoms. The lowest BCUT2D eigenvalue weighted by atomic mass is 10.2. The van der Waals surface area contributed by atoms with Gasteiger partial charge in [-0.2, -0.15) is 0 Å². The predicted octanol–water partition coefficient (Wildman–Crippen LogP) is 2.07. The van der Waals surface area contributed by atoms with E-state index in [2.05, 4.69) is 11.8 Å². The molecule has 1 saturated heterocycles. The molecule has 0 N–H and O–H groups in total. The lowest BCUT2D eigenvalue weighted by Gasteiger charge is -2.35. The molecule has 0 spiro atoms. The van der Waals surface area contributed by atoms with E-state index >= 15 is 0 Å². The molecule has 0 saturated carbocycles. The van der Waals surface area contributed by atoms with E-state index in [4.69, 9.17) is 27.9 Å². The van der Waals surface area contributed by atoms with Crippen LogP contribution < -0.4 is 0 Å². The topological polar surface area (TPSA) is 12.5 Å².